The van der Waals surface area contributed by atoms with Gasteiger partial charge in [-0.1, -0.05) is 36.5 Å². The van der Waals surface area contributed by atoms with Gasteiger partial charge < -0.3 is 4.31 Å². The topological polar surface area (TPSA) is 15.6 Å². The maximum Gasteiger partial charge on any atom is 0.106 e. The Morgan fingerprint density at radius 1 is 1.44 bits per heavy atom. The fourth-order valence-electron chi connectivity index (χ4n) is 1.85. The van der Waals surface area contributed by atoms with E-state index in [-0.39, 0.29) is 18.4 Å². The Kier molecular flexibility index (Phi) is 4.53. The van der Waals surface area contributed by atoms with E-state index in [9.17, 15) is 0 Å². The number of halogens is 2. The highest BCUT2D eigenvalue weighted by atomic mass is 35.5. The van der Waals surface area contributed by atoms with Gasteiger partial charge in [-0.3, -0.25) is 4.99 Å². The lowest BCUT2D eigenvalue weighted by atomic mass is 10.0. The van der Waals surface area contributed by atoms with Crippen molar-refractivity contribution in [3.63, 3.8) is 0 Å². The number of benzene rings is 1. The molecule has 1 aliphatic heterocycles. The number of amidine groups is 1. The van der Waals surface area contributed by atoms with Crippen LogP contribution in [0.1, 0.15) is 24.1 Å². The minimum Gasteiger partial charge on any atom is -0.305 e. The maximum atomic E-state index is 6.19. The molecule has 5 heteroatoms. The van der Waals surface area contributed by atoms with E-state index in [4.69, 9.17) is 11.6 Å². The number of nitrogens with zero attached hydrogens (tertiary/aromatic N) is 2. The lowest BCUT2D eigenvalue weighted by molar-refractivity contribution is 0.638. The van der Waals surface area contributed by atoms with Crippen LogP contribution in [0, 0.1) is 6.92 Å². The Morgan fingerprint density at radius 2 is 2.12 bits per heavy atom. The molecule has 1 aromatic rings. The Morgan fingerprint density at radius 3 is 2.62 bits per heavy atom. The zero-order chi connectivity index (χ0) is 11.0. The predicted octanol–water partition coefficient (Wildman–Crippen LogP) is 3.69. The summed E-state index contributed by atoms with van der Waals surface area (Å²) in [4.78, 5) is 4.54. The quantitative estimate of drug-likeness (QED) is 0.774. The van der Waals surface area contributed by atoms with Crippen molar-refractivity contribution >= 4 is 42.7 Å². The molecule has 0 aliphatic carbocycles. The van der Waals surface area contributed by atoms with Crippen LogP contribution in [-0.2, 0) is 0 Å². The van der Waals surface area contributed by atoms with E-state index in [1.807, 2.05) is 23.4 Å². The molecule has 0 fully saturated rings. The summed E-state index contributed by atoms with van der Waals surface area (Å²) in [7, 11) is 0. The molecule has 1 unspecified atom stereocenters. The van der Waals surface area contributed by atoms with Crippen molar-refractivity contribution in [1.29, 1.82) is 0 Å². The Labute approximate surface area is 113 Å². The normalized spacial score (nSPS) is 19.4. The second kappa shape index (κ2) is 5.30. The van der Waals surface area contributed by atoms with E-state index < -0.39 is 0 Å². The standard InChI is InChI=1S/C11H13ClN2S.ClH/c1-7-4-3-5-9(12)11(7)10-6-14(15)8(2)13-10;/h3-5,10,15H,6H2,1-2H3;1H. The second-order valence-electron chi connectivity index (χ2n) is 3.74. The lowest BCUT2D eigenvalue weighted by Crippen LogP contribution is -2.14. The van der Waals surface area contributed by atoms with Gasteiger partial charge in [0.25, 0.3) is 0 Å². The highest BCUT2D eigenvalue weighted by Gasteiger charge is 2.24. The number of aryl methyl sites for hydroxylation is 1. The van der Waals surface area contributed by atoms with Crippen molar-refractivity contribution in [2.45, 2.75) is 19.9 Å². The van der Waals surface area contributed by atoms with E-state index >= 15 is 0 Å². The summed E-state index contributed by atoms with van der Waals surface area (Å²) in [6.07, 6.45) is 0. The smallest absolute Gasteiger partial charge is 0.106 e. The Hall–Kier alpha value is -0.380. The highest BCUT2D eigenvalue weighted by molar-refractivity contribution is 7.78. The fraction of sp³-hybridized carbons (Fsp3) is 0.364. The predicted molar refractivity (Wildman–Crippen MR) is 75.0 cm³/mol. The molecule has 2 nitrogen and oxygen atoms in total. The molecule has 0 saturated carbocycles. The fourth-order valence-corrected chi connectivity index (χ4v) is 2.41. The molecule has 0 N–H and O–H groups in total. The van der Waals surface area contributed by atoms with E-state index in [1.165, 1.54) is 5.56 Å². The maximum absolute atomic E-state index is 6.19. The average Bonchev–Trinajstić information content (AvgIpc) is 2.46. The van der Waals surface area contributed by atoms with Crippen LogP contribution in [0.4, 0.5) is 0 Å². The number of hydrogen-bond donors (Lipinski definition) is 1. The van der Waals surface area contributed by atoms with Gasteiger partial charge in [0.1, 0.15) is 5.84 Å². The van der Waals surface area contributed by atoms with Gasteiger partial charge >= 0.3 is 0 Å². The van der Waals surface area contributed by atoms with Crippen molar-refractivity contribution in [2.75, 3.05) is 6.54 Å². The summed E-state index contributed by atoms with van der Waals surface area (Å²) in [5.74, 6) is 0.947. The van der Waals surface area contributed by atoms with Gasteiger partial charge in [-0.25, -0.2) is 0 Å². The van der Waals surface area contributed by atoms with Crippen molar-refractivity contribution in [3.05, 3.63) is 34.3 Å². The summed E-state index contributed by atoms with van der Waals surface area (Å²) in [6, 6.07) is 6.06. The molecule has 0 aromatic heterocycles. The van der Waals surface area contributed by atoms with E-state index in [0.29, 0.717) is 0 Å². The molecule has 16 heavy (non-hydrogen) atoms. The van der Waals surface area contributed by atoms with Crippen LogP contribution in [0.15, 0.2) is 23.2 Å². The molecule has 0 bridgehead atoms. The van der Waals surface area contributed by atoms with Crippen LogP contribution in [0.25, 0.3) is 0 Å². The number of hydrogen-bond acceptors (Lipinski definition) is 3. The molecule has 1 heterocycles. The summed E-state index contributed by atoms with van der Waals surface area (Å²) in [5, 5.41) is 0.792. The number of thiol groups is 1. The van der Waals surface area contributed by atoms with Crippen molar-refractivity contribution in [1.82, 2.24) is 4.31 Å². The largest absolute Gasteiger partial charge is 0.305 e. The van der Waals surface area contributed by atoms with Gasteiger partial charge in [-0.15, -0.1) is 12.4 Å². The molecule has 1 atom stereocenters. The molecule has 0 spiro atoms. The molecule has 1 aromatic carbocycles. The third kappa shape index (κ3) is 2.47. The lowest BCUT2D eigenvalue weighted by Gasteiger charge is -2.14. The number of aliphatic imine (C=N–C) groups is 1. The highest BCUT2D eigenvalue weighted by Crippen LogP contribution is 2.33. The van der Waals surface area contributed by atoms with Gasteiger partial charge in [0, 0.05) is 5.02 Å². The van der Waals surface area contributed by atoms with Crippen LogP contribution in [0.5, 0.6) is 0 Å². The first-order valence-electron chi connectivity index (χ1n) is 4.85. The van der Waals surface area contributed by atoms with Crippen molar-refractivity contribution in [2.24, 2.45) is 4.99 Å². The van der Waals surface area contributed by atoms with Gasteiger partial charge in [-0.2, -0.15) is 0 Å². The molecular weight excluding hydrogens is 263 g/mol. The monoisotopic (exact) mass is 276 g/mol. The molecule has 1 aliphatic rings. The molecule has 0 amide bonds. The van der Waals surface area contributed by atoms with Crippen LogP contribution >= 0.6 is 36.8 Å². The molecule has 0 saturated heterocycles. The summed E-state index contributed by atoms with van der Waals surface area (Å²) in [6.45, 7) is 4.81. The van der Waals surface area contributed by atoms with Crippen molar-refractivity contribution in [3.8, 4) is 0 Å². The Bertz CT molecular complexity index is 400. The van der Waals surface area contributed by atoms with Crippen LogP contribution in [0.3, 0.4) is 0 Å². The average molecular weight is 277 g/mol. The third-order valence-corrected chi connectivity index (χ3v) is 3.45. The molecule has 88 valence electrons. The van der Waals surface area contributed by atoms with Crippen molar-refractivity contribution < 1.29 is 0 Å². The van der Waals surface area contributed by atoms with Gasteiger partial charge in [0.05, 0.1) is 12.6 Å². The van der Waals surface area contributed by atoms with Crippen LogP contribution in [-0.4, -0.2) is 16.7 Å². The second-order valence-corrected chi connectivity index (χ2v) is 4.63. The summed E-state index contributed by atoms with van der Waals surface area (Å²) < 4.78 is 1.85. The first-order chi connectivity index (χ1) is 7.09. The van der Waals surface area contributed by atoms with Gasteiger partial charge in [0.15, 0.2) is 0 Å². The van der Waals surface area contributed by atoms with E-state index in [0.717, 1.165) is 23.0 Å². The molecular formula is C11H14Cl2N2S. The minimum absolute atomic E-state index is 0. The minimum atomic E-state index is 0. The number of rotatable bonds is 1. The molecule has 2 rings (SSSR count). The zero-order valence-electron chi connectivity index (χ0n) is 9.14. The Balaban J connectivity index is 0.00000128. The van der Waals surface area contributed by atoms with E-state index in [2.05, 4.69) is 30.8 Å². The van der Waals surface area contributed by atoms with Crippen LogP contribution < -0.4 is 0 Å². The van der Waals surface area contributed by atoms with Gasteiger partial charge in [-0.05, 0) is 31.0 Å². The summed E-state index contributed by atoms with van der Waals surface area (Å²) in [5.41, 5.74) is 2.31. The SMILES string of the molecule is CC1=NC(c2c(C)cccc2Cl)CN1S.Cl. The first kappa shape index (κ1) is 13.7. The molecule has 0 radical (unpaired) electrons. The zero-order valence-corrected chi connectivity index (χ0v) is 11.6. The summed E-state index contributed by atoms with van der Waals surface area (Å²) >= 11 is 10.5. The van der Waals surface area contributed by atoms with Gasteiger partial charge in [0.2, 0.25) is 0 Å². The third-order valence-electron chi connectivity index (χ3n) is 2.67. The first-order valence-corrected chi connectivity index (χ1v) is 5.63. The van der Waals surface area contributed by atoms with Crippen LogP contribution in [0.2, 0.25) is 5.02 Å². The van der Waals surface area contributed by atoms with E-state index in [1.54, 1.807) is 0 Å².